The van der Waals surface area contributed by atoms with Gasteiger partial charge in [-0.2, -0.15) is 10.2 Å². The summed E-state index contributed by atoms with van der Waals surface area (Å²) in [6.45, 7) is 8.49. The zero-order valence-electron chi connectivity index (χ0n) is 20.8. The number of hydrogen-bond donors (Lipinski definition) is 0. The molecule has 0 saturated heterocycles. The lowest BCUT2D eigenvalue weighted by Crippen LogP contribution is -2.26. The van der Waals surface area contributed by atoms with Crippen molar-refractivity contribution in [3.05, 3.63) is 83.9 Å². The van der Waals surface area contributed by atoms with E-state index in [-0.39, 0.29) is 0 Å². The van der Waals surface area contributed by atoms with E-state index in [2.05, 4.69) is 80.1 Å². The van der Waals surface area contributed by atoms with E-state index in [1.807, 2.05) is 12.3 Å². The molecule has 3 rings (SSSR count). The number of aryl methyl sites for hydroxylation is 1. The summed E-state index contributed by atoms with van der Waals surface area (Å²) in [5, 5.41) is 9.35. The third-order valence-electron chi connectivity index (χ3n) is 7.30. The second-order valence-corrected chi connectivity index (χ2v) is 9.59. The Balaban J connectivity index is 1.68. The summed E-state index contributed by atoms with van der Waals surface area (Å²) >= 11 is 0. The summed E-state index contributed by atoms with van der Waals surface area (Å²) in [6.07, 6.45) is 16.3. The Morgan fingerprint density at radius 1 is 1.00 bits per heavy atom. The molecule has 2 aromatic carbocycles. The smallest absolute Gasteiger partial charge is 0.0733 e. The van der Waals surface area contributed by atoms with Gasteiger partial charge in [0.25, 0.3) is 0 Å². The van der Waals surface area contributed by atoms with Gasteiger partial charge in [0.05, 0.1) is 11.9 Å². The number of unbranched alkanes of at least 4 members (excludes halogenated alkanes) is 1. The van der Waals surface area contributed by atoms with Crippen molar-refractivity contribution in [3.63, 3.8) is 0 Å². The minimum atomic E-state index is 0.507. The van der Waals surface area contributed by atoms with E-state index in [4.69, 9.17) is 5.10 Å². The lowest BCUT2D eigenvalue weighted by Gasteiger charge is -2.34. The van der Waals surface area contributed by atoms with Crippen LogP contribution in [0.25, 0.3) is 0 Å². The number of benzene rings is 2. The van der Waals surface area contributed by atoms with Crippen LogP contribution >= 0.6 is 0 Å². The Kier molecular flexibility index (Phi) is 10.6. The molecule has 0 aliphatic heterocycles. The molecule has 1 fully saturated rings. The Morgan fingerprint density at radius 3 is 2.36 bits per heavy atom. The molecule has 176 valence electrons. The number of nitrogens with zero attached hydrogens (tertiary/aromatic N) is 2. The highest BCUT2D eigenvalue weighted by molar-refractivity contribution is 6.02. The molecule has 33 heavy (non-hydrogen) atoms. The van der Waals surface area contributed by atoms with Gasteiger partial charge >= 0.3 is 0 Å². The van der Waals surface area contributed by atoms with E-state index in [1.54, 1.807) is 0 Å². The molecule has 1 aliphatic rings. The van der Waals surface area contributed by atoms with Gasteiger partial charge in [0.2, 0.25) is 0 Å². The SMILES string of the molecule is C=CCCCc1ccc(C=NN=C(c2ccccc2)C2CCC(C(CC)CCC)CC2)cc1. The normalized spacial score (nSPS) is 20.1. The maximum absolute atomic E-state index is 4.80. The lowest BCUT2D eigenvalue weighted by atomic mass is 9.72. The molecular weight excluding hydrogens is 400 g/mol. The van der Waals surface area contributed by atoms with Crippen molar-refractivity contribution in [2.45, 2.75) is 78.1 Å². The van der Waals surface area contributed by atoms with E-state index >= 15 is 0 Å². The van der Waals surface area contributed by atoms with Crippen LogP contribution in [0.4, 0.5) is 0 Å². The third-order valence-corrected chi connectivity index (χ3v) is 7.30. The van der Waals surface area contributed by atoms with Crippen molar-refractivity contribution < 1.29 is 0 Å². The molecule has 1 aliphatic carbocycles. The maximum atomic E-state index is 4.80. The molecule has 1 saturated carbocycles. The van der Waals surface area contributed by atoms with E-state index in [9.17, 15) is 0 Å². The van der Waals surface area contributed by atoms with Gasteiger partial charge in [0, 0.05) is 5.92 Å². The first-order chi connectivity index (χ1) is 16.2. The van der Waals surface area contributed by atoms with Crippen molar-refractivity contribution >= 4 is 11.9 Å². The van der Waals surface area contributed by atoms with Crippen molar-refractivity contribution in [1.29, 1.82) is 0 Å². The second-order valence-electron chi connectivity index (χ2n) is 9.59. The topological polar surface area (TPSA) is 24.7 Å². The van der Waals surface area contributed by atoms with Crippen molar-refractivity contribution in [2.75, 3.05) is 0 Å². The monoisotopic (exact) mass is 442 g/mol. The molecule has 2 nitrogen and oxygen atoms in total. The molecule has 0 aromatic heterocycles. The van der Waals surface area contributed by atoms with Gasteiger partial charge < -0.3 is 0 Å². The minimum Gasteiger partial charge on any atom is -0.158 e. The summed E-state index contributed by atoms with van der Waals surface area (Å²) in [5.41, 5.74) is 4.85. The molecule has 1 atom stereocenters. The van der Waals surface area contributed by atoms with Crippen LogP contribution in [0.2, 0.25) is 0 Å². The minimum absolute atomic E-state index is 0.507. The van der Waals surface area contributed by atoms with Gasteiger partial charge in [-0.3, -0.25) is 0 Å². The van der Waals surface area contributed by atoms with Gasteiger partial charge in [-0.25, -0.2) is 0 Å². The molecule has 2 heteroatoms. The fourth-order valence-electron chi connectivity index (χ4n) is 5.37. The zero-order chi connectivity index (χ0) is 23.3. The van der Waals surface area contributed by atoms with Crippen LogP contribution in [0.1, 0.15) is 88.3 Å². The van der Waals surface area contributed by atoms with Crippen molar-refractivity contribution in [2.24, 2.45) is 28.0 Å². The fraction of sp³-hybridized carbons (Fsp3) is 0.484. The van der Waals surface area contributed by atoms with Crippen LogP contribution in [0, 0.1) is 17.8 Å². The molecule has 0 spiro atoms. The van der Waals surface area contributed by atoms with Crippen LogP contribution < -0.4 is 0 Å². The Hall–Kier alpha value is -2.48. The third kappa shape index (κ3) is 7.81. The van der Waals surface area contributed by atoms with E-state index < -0.39 is 0 Å². The molecule has 1 unspecified atom stereocenters. The first-order valence-electron chi connectivity index (χ1n) is 13.1. The van der Waals surface area contributed by atoms with E-state index in [0.717, 1.165) is 42.4 Å². The predicted molar refractivity (Wildman–Crippen MR) is 144 cm³/mol. The van der Waals surface area contributed by atoms with Crippen LogP contribution in [-0.4, -0.2) is 11.9 Å². The average Bonchev–Trinajstić information content (AvgIpc) is 2.87. The van der Waals surface area contributed by atoms with Gasteiger partial charge in [0.15, 0.2) is 0 Å². The van der Waals surface area contributed by atoms with Gasteiger partial charge in [-0.1, -0.05) is 93.8 Å². The van der Waals surface area contributed by atoms with E-state index in [0.29, 0.717) is 5.92 Å². The van der Waals surface area contributed by atoms with Crippen molar-refractivity contribution in [3.8, 4) is 0 Å². The van der Waals surface area contributed by atoms with Crippen LogP contribution in [0.5, 0.6) is 0 Å². The zero-order valence-corrected chi connectivity index (χ0v) is 20.8. The summed E-state index contributed by atoms with van der Waals surface area (Å²) in [5.74, 6) is 2.29. The summed E-state index contributed by atoms with van der Waals surface area (Å²) < 4.78 is 0. The van der Waals surface area contributed by atoms with Crippen LogP contribution in [-0.2, 0) is 6.42 Å². The van der Waals surface area contributed by atoms with Gasteiger partial charge in [-0.15, -0.1) is 6.58 Å². The van der Waals surface area contributed by atoms with Crippen LogP contribution in [0.15, 0.2) is 77.5 Å². The van der Waals surface area contributed by atoms with Gasteiger partial charge in [-0.05, 0) is 73.5 Å². The number of hydrogen-bond acceptors (Lipinski definition) is 2. The molecule has 0 N–H and O–H groups in total. The Bertz CT molecular complexity index is 871. The summed E-state index contributed by atoms with van der Waals surface area (Å²) in [4.78, 5) is 0. The number of rotatable bonds is 12. The summed E-state index contributed by atoms with van der Waals surface area (Å²) in [6, 6.07) is 19.4. The standard InChI is InChI=1S/C31H42N2/c1-4-7-9-13-25-16-18-26(19-17-25)24-32-33-31(29-14-10-8-11-15-29)30-22-20-28(21-23-30)27(6-3)12-5-2/h4,8,10-11,14-19,24,27-28,30H,1,5-7,9,12-13,20-23H2,2-3H3. The quantitative estimate of drug-likeness (QED) is 0.136. The molecule has 0 bridgehead atoms. The molecule has 2 aromatic rings. The first kappa shape index (κ1) is 25.1. The summed E-state index contributed by atoms with van der Waals surface area (Å²) in [7, 11) is 0. The van der Waals surface area contributed by atoms with Crippen molar-refractivity contribution in [1.82, 2.24) is 0 Å². The highest BCUT2D eigenvalue weighted by atomic mass is 15.2. The largest absolute Gasteiger partial charge is 0.158 e. The van der Waals surface area contributed by atoms with Crippen LogP contribution in [0.3, 0.4) is 0 Å². The fourth-order valence-corrected chi connectivity index (χ4v) is 5.37. The highest BCUT2D eigenvalue weighted by Crippen LogP contribution is 2.38. The molecule has 0 amide bonds. The average molecular weight is 443 g/mol. The highest BCUT2D eigenvalue weighted by Gasteiger charge is 2.29. The molecule has 0 radical (unpaired) electrons. The molecule has 0 heterocycles. The molecular formula is C31H42N2. The lowest BCUT2D eigenvalue weighted by molar-refractivity contribution is 0.212. The Morgan fingerprint density at radius 2 is 1.73 bits per heavy atom. The predicted octanol–water partition coefficient (Wildman–Crippen LogP) is 8.65. The Labute approximate surface area is 201 Å². The first-order valence-corrected chi connectivity index (χ1v) is 13.1. The number of allylic oxidation sites excluding steroid dienone is 1. The maximum Gasteiger partial charge on any atom is 0.0733 e. The second kappa shape index (κ2) is 13.9. The van der Waals surface area contributed by atoms with E-state index in [1.165, 1.54) is 56.1 Å². The van der Waals surface area contributed by atoms with Gasteiger partial charge in [0.1, 0.15) is 0 Å².